The van der Waals surface area contributed by atoms with E-state index in [0.717, 1.165) is 32.1 Å². The van der Waals surface area contributed by atoms with Crippen molar-refractivity contribution < 1.29 is 19.4 Å². The highest BCUT2D eigenvalue weighted by Crippen LogP contribution is 2.47. The maximum Gasteiger partial charge on any atom is 0.311 e. The van der Waals surface area contributed by atoms with Crippen molar-refractivity contribution in [3.05, 3.63) is 12.2 Å². The first-order chi connectivity index (χ1) is 9.95. The van der Waals surface area contributed by atoms with E-state index >= 15 is 0 Å². The minimum Gasteiger partial charge on any atom is -0.466 e. The fourth-order valence-corrected chi connectivity index (χ4v) is 3.02. The fourth-order valence-electron chi connectivity index (χ4n) is 3.02. The molecule has 1 aliphatic rings. The number of carbonyl (C=O) groups excluding carboxylic acids is 1. The Balaban J connectivity index is 2.87. The first kappa shape index (κ1) is 18.2. The van der Waals surface area contributed by atoms with Crippen LogP contribution < -0.4 is 0 Å². The second kappa shape index (κ2) is 7.95. The Morgan fingerprint density at radius 2 is 2.10 bits per heavy atom. The van der Waals surface area contributed by atoms with Crippen LogP contribution in [0, 0.1) is 5.92 Å². The Morgan fingerprint density at radius 3 is 2.62 bits per heavy atom. The topological polar surface area (TPSA) is 55.8 Å². The van der Waals surface area contributed by atoms with Gasteiger partial charge in [-0.05, 0) is 32.6 Å². The molecule has 1 N–H and O–H groups in total. The number of ether oxygens (including phenoxy) is 2. The van der Waals surface area contributed by atoms with Crippen molar-refractivity contribution >= 4 is 5.97 Å². The monoisotopic (exact) mass is 298 g/mol. The summed E-state index contributed by atoms with van der Waals surface area (Å²) in [5.74, 6) is -1.86. The predicted octanol–water partition coefficient (Wildman–Crippen LogP) is 3.58. The van der Waals surface area contributed by atoms with Gasteiger partial charge in [0.2, 0.25) is 0 Å². The summed E-state index contributed by atoms with van der Waals surface area (Å²) in [7, 11) is 0. The number of aliphatic hydroxyl groups is 1. The number of hydrogen-bond acceptors (Lipinski definition) is 4. The molecule has 21 heavy (non-hydrogen) atoms. The van der Waals surface area contributed by atoms with Gasteiger partial charge in [0.25, 0.3) is 0 Å². The van der Waals surface area contributed by atoms with Gasteiger partial charge in [-0.25, -0.2) is 0 Å². The van der Waals surface area contributed by atoms with Crippen LogP contribution in [0.3, 0.4) is 0 Å². The highest BCUT2D eigenvalue weighted by atomic mass is 16.6. The largest absolute Gasteiger partial charge is 0.466 e. The standard InChI is InChI=1S/C17H30O4/c1-5-9-10-11-16(7-3)12-14(6-2)17(19,21-16)13-15(18)20-8-4/h10-11,14,19H,5-9,12-13H2,1-4H3. The molecule has 0 radical (unpaired) electrons. The number of rotatable bonds is 8. The highest BCUT2D eigenvalue weighted by Gasteiger charge is 2.53. The summed E-state index contributed by atoms with van der Waals surface area (Å²) in [6, 6.07) is 0. The van der Waals surface area contributed by atoms with Gasteiger partial charge >= 0.3 is 5.97 Å². The summed E-state index contributed by atoms with van der Waals surface area (Å²) < 4.78 is 11.0. The molecular formula is C17H30O4. The number of esters is 1. The van der Waals surface area contributed by atoms with Crippen molar-refractivity contribution in [2.45, 2.75) is 77.6 Å². The first-order valence-electron chi connectivity index (χ1n) is 8.21. The van der Waals surface area contributed by atoms with Crippen LogP contribution in [0.1, 0.15) is 66.2 Å². The van der Waals surface area contributed by atoms with Crippen LogP contribution in [0.4, 0.5) is 0 Å². The lowest BCUT2D eigenvalue weighted by Gasteiger charge is -2.30. The van der Waals surface area contributed by atoms with E-state index in [9.17, 15) is 9.90 Å². The quantitative estimate of drug-likeness (QED) is 0.549. The minimum absolute atomic E-state index is 0.0480. The summed E-state index contributed by atoms with van der Waals surface area (Å²) in [6.45, 7) is 8.29. The van der Waals surface area contributed by atoms with Crippen LogP contribution >= 0.6 is 0 Å². The van der Waals surface area contributed by atoms with Crippen molar-refractivity contribution in [3.8, 4) is 0 Å². The van der Waals surface area contributed by atoms with Gasteiger partial charge in [0, 0.05) is 5.92 Å². The molecule has 0 aromatic carbocycles. The molecule has 0 aliphatic carbocycles. The van der Waals surface area contributed by atoms with Gasteiger partial charge in [0.05, 0.1) is 18.6 Å². The Labute approximate surface area is 128 Å². The molecule has 0 bridgehead atoms. The van der Waals surface area contributed by atoms with E-state index in [1.54, 1.807) is 6.92 Å². The first-order valence-corrected chi connectivity index (χ1v) is 8.21. The molecule has 1 saturated heterocycles. The van der Waals surface area contributed by atoms with E-state index in [1.807, 2.05) is 6.92 Å². The maximum absolute atomic E-state index is 11.7. The van der Waals surface area contributed by atoms with Crippen LogP contribution in [0.5, 0.6) is 0 Å². The predicted molar refractivity (Wildman–Crippen MR) is 82.8 cm³/mol. The summed E-state index contributed by atoms with van der Waals surface area (Å²) >= 11 is 0. The molecule has 0 saturated carbocycles. The third-order valence-corrected chi connectivity index (χ3v) is 4.28. The molecule has 3 atom stereocenters. The zero-order valence-corrected chi connectivity index (χ0v) is 13.9. The lowest BCUT2D eigenvalue weighted by Crippen LogP contribution is -2.40. The van der Waals surface area contributed by atoms with E-state index in [4.69, 9.17) is 9.47 Å². The minimum atomic E-state index is -1.41. The van der Waals surface area contributed by atoms with E-state index in [0.29, 0.717) is 6.61 Å². The molecule has 122 valence electrons. The van der Waals surface area contributed by atoms with Crippen molar-refractivity contribution in [1.82, 2.24) is 0 Å². The highest BCUT2D eigenvalue weighted by molar-refractivity contribution is 5.70. The molecule has 0 aromatic rings. The molecule has 1 heterocycles. The van der Waals surface area contributed by atoms with Crippen molar-refractivity contribution in [1.29, 1.82) is 0 Å². The zero-order valence-electron chi connectivity index (χ0n) is 13.9. The number of allylic oxidation sites excluding steroid dienone is 1. The fraction of sp³-hybridized carbons (Fsp3) is 0.824. The Morgan fingerprint density at radius 1 is 1.38 bits per heavy atom. The Bertz CT molecular complexity index is 366. The van der Waals surface area contributed by atoms with Crippen LogP contribution in [0.15, 0.2) is 12.2 Å². The van der Waals surface area contributed by atoms with Crippen molar-refractivity contribution in [2.75, 3.05) is 6.61 Å². The molecule has 0 amide bonds. The van der Waals surface area contributed by atoms with E-state index < -0.39 is 17.4 Å². The molecular weight excluding hydrogens is 268 g/mol. The zero-order chi connectivity index (χ0) is 15.9. The smallest absolute Gasteiger partial charge is 0.311 e. The maximum atomic E-state index is 11.7. The van der Waals surface area contributed by atoms with Crippen LogP contribution in [-0.2, 0) is 14.3 Å². The van der Waals surface area contributed by atoms with Gasteiger partial charge in [-0.1, -0.05) is 39.3 Å². The lowest BCUT2D eigenvalue weighted by atomic mass is 9.85. The molecule has 0 aromatic heterocycles. The van der Waals surface area contributed by atoms with Crippen molar-refractivity contribution in [2.24, 2.45) is 5.92 Å². The summed E-state index contributed by atoms with van der Waals surface area (Å²) in [5, 5.41) is 10.8. The normalized spacial score (nSPS) is 32.7. The van der Waals surface area contributed by atoms with Gasteiger partial charge in [0.1, 0.15) is 0 Å². The van der Waals surface area contributed by atoms with Crippen molar-refractivity contribution in [3.63, 3.8) is 0 Å². The second-order valence-corrected chi connectivity index (χ2v) is 5.85. The molecule has 3 unspecified atom stereocenters. The summed E-state index contributed by atoms with van der Waals surface area (Å²) in [4.78, 5) is 11.7. The molecule has 0 spiro atoms. The Kier molecular flexibility index (Phi) is 6.88. The van der Waals surface area contributed by atoms with Gasteiger partial charge in [-0.15, -0.1) is 0 Å². The Hall–Kier alpha value is -0.870. The van der Waals surface area contributed by atoms with Crippen LogP contribution in [0.25, 0.3) is 0 Å². The van der Waals surface area contributed by atoms with E-state index in [1.165, 1.54) is 0 Å². The average Bonchev–Trinajstić information content (AvgIpc) is 2.72. The van der Waals surface area contributed by atoms with E-state index in [2.05, 4.69) is 26.0 Å². The van der Waals surface area contributed by atoms with Gasteiger partial charge < -0.3 is 14.6 Å². The summed E-state index contributed by atoms with van der Waals surface area (Å²) in [6.07, 6.45) is 8.49. The molecule has 1 aliphatic heterocycles. The number of unbranched alkanes of at least 4 members (excludes halogenated alkanes) is 1. The SMILES string of the molecule is CCCC=CC1(CC)CC(CC)C(O)(CC(=O)OCC)O1. The van der Waals surface area contributed by atoms with Gasteiger partial charge in [-0.3, -0.25) is 4.79 Å². The average molecular weight is 298 g/mol. The van der Waals surface area contributed by atoms with Crippen LogP contribution in [0.2, 0.25) is 0 Å². The molecule has 4 nitrogen and oxygen atoms in total. The van der Waals surface area contributed by atoms with Gasteiger partial charge in [-0.2, -0.15) is 0 Å². The lowest BCUT2D eigenvalue weighted by molar-refractivity contribution is -0.235. The van der Waals surface area contributed by atoms with Gasteiger partial charge in [0.15, 0.2) is 5.79 Å². The summed E-state index contributed by atoms with van der Waals surface area (Å²) in [5.41, 5.74) is -0.461. The molecule has 1 rings (SSSR count). The molecule has 1 fully saturated rings. The second-order valence-electron chi connectivity index (χ2n) is 5.85. The van der Waals surface area contributed by atoms with E-state index in [-0.39, 0.29) is 12.3 Å². The number of hydrogen-bond donors (Lipinski definition) is 1. The number of carbonyl (C=O) groups is 1. The third kappa shape index (κ3) is 4.55. The van der Waals surface area contributed by atoms with Crippen LogP contribution in [-0.4, -0.2) is 29.1 Å². The molecule has 4 heteroatoms. The third-order valence-electron chi connectivity index (χ3n) is 4.28.